The van der Waals surface area contributed by atoms with E-state index in [1.165, 1.54) is 16.9 Å². The predicted octanol–water partition coefficient (Wildman–Crippen LogP) is 2.88. The molecule has 2 aromatic carbocycles. The van der Waals surface area contributed by atoms with Gasteiger partial charge < -0.3 is 10.6 Å². The minimum atomic E-state index is -3.61. The first-order valence-electron chi connectivity index (χ1n) is 10.2. The number of aliphatic imine (C=N–C) groups is 1. The lowest BCUT2D eigenvalue weighted by molar-refractivity contribution is 0.307. The molecule has 1 aliphatic rings. The maximum atomic E-state index is 12.9. The van der Waals surface area contributed by atoms with E-state index in [0.717, 1.165) is 12.0 Å². The Kier molecular flexibility index (Phi) is 6.70. The van der Waals surface area contributed by atoms with Crippen molar-refractivity contribution in [2.24, 2.45) is 10.7 Å². The summed E-state index contributed by atoms with van der Waals surface area (Å²) in [6, 6.07) is 23.2. The zero-order valence-corrected chi connectivity index (χ0v) is 18.7. The molecule has 4 rings (SSSR count). The van der Waals surface area contributed by atoms with E-state index in [1.54, 1.807) is 17.5 Å². The zero-order chi connectivity index (χ0) is 21.7. The molecule has 0 fully saturated rings. The summed E-state index contributed by atoms with van der Waals surface area (Å²) in [6.07, 6.45) is 1.37. The van der Waals surface area contributed by atoms with Crippen molar-refractivity contribution < 1.29 is 8.42 Å². The summed E-state index contributed by atoms with van der Waals surface area (Å²) in [5.74, 6) is 0.467. The highest BCUT2D eigenvalue weighted by molar-refractivity contribution is 7.91. The number of benzene rings is 2. The fourth-order valence-electron chi connectivity index (χ4n) is 3.85. The smallest absolute Gasteiger partial charge is 0.250 e. The third kappa shape index (κ3) is 5.52. The number of nitrogens with two attached hydrogens (primary N) is 1. The van der Waals surface area contributed by atoms with Crippen LogP contribution in [0.15, 0.2) is 87.4 Å². The number of rotatable bonds is 9. The molecule has 2 heterocycles. The van der Waals surface area contributed by atoms with E-state index in [2.05, 4.69) is 21.8 Å². The monoisotopic (exact) mass is 454 g/mol. The summed E-state index contributed by atoms with van der Waals surface area (Å²) in [5.41, 5.74) is 8.50. The number of thiophene rings is 1. The fraction of sp³-hybridized carbons (Fsp3) is 0.261. The number of sulfonamides is 1. The van der Waals surface area contributed by atoms with Gasteiger partial charge in [0, 0.05) is 12.6 Å². The molecule has 8 heteroatoms. The lowest BCUT2D eigenvalue weighted by atomic mass is 10.0. The van der Waals surface area contributed by atoms with Crippen molar-refractivity contribution in [1.82, 2.24) is 9.62 Å². The second-order valence-corrected chi connectivity index (χ2v) is 10.5. The van der Waals surface area contributed by atoms with E-state index in [-0.39, 0.29) is 12.1 Å². The van der Waals surface area contributed by atoms with Gasteiger partial charge >= 0.3 is 0 Å². The number of hydrogen-bond acceptors (Lipinski definition) is 6. The topological polar surface area (TPSA) is 87.8 Å². The number of guanidine groups is 1. The van der Waals surface area contributed by atoms with Crippen LogP contribution in [-0.4, -0.2) is 44.5 Å². The molecule has 1 aliphatic heterocycles. The molecule has 0 radical (unpaired) electrons. The summed E-state index contributed by atoms with van der Waals surface area (Å²) in [4.78, 5) is 6.49. The van der Waals surface area contributed by atoms with Crippen LogP contribution in [0.25, 0.3) is 0 Å². The van der Waals surface area contributed by atoms with Crippen LogP contribution in [0.3, 0.4) is 0 Å². The Hall–Kier alpha value is -2.68. The van der Waals surface area contributed by atoms with E-state index >= 15 is 0 Å². The van der Waals surface area contributed by atoms with Gasteiger partial charge in [-0.1, -0.05) is 66.7 Å². The Morgan fingerprint density at radius 3 is 2.35 bits per heavy atom. The average molecular weight is 455 g/mol. The van der Waals surface area contributed by atoms with Crippen LogP contribution in [0.1, 0.15) is 11.1 Å². The first kappa shape index (κ1) is 21.5. The van der Waals surface area contributed by atoms with Gasteiger partial charge in [0.25, 0.3) is 0 Å². The molecule has 162 valence electrons. The number of hydrogen-bond donors (Lipinski definition) is 2. The van der Waals surface area contributed by atoms with Gasteiger partial charge in [0.05, 0.1) is 12.6 Å². The van der Waals surface area contributed by atoms with Crippen LogP contribution in [0.4, 0.5) is 0 Å². The fourth-order valence-corrected chi connectivity index (χ4v) is 6.09. The molecule has 0 saturated heterocycles. The van der Waals surface area contributed by atoms with Gasteiger partial charge in [0.15, 0.2) is 5.96 Å². The van der Waals surface area contributed by atoms with Crippen molar-refractivity contribution in [1.29, 1.82) is 0 Å². The minimum Gasteiger partial charge on any atom is -0.370 e. The standard InChI is InChI=1S/C23H26N4O2S2/c24-23-25-16-21(15-19-10-5-2-6-11-19)27(23)17-20(14-18-8-3-1-4-9-18)26-31(28,29)22-12-7-13-30-22/h1-13,20-21,26H,14-17H2,(H2,24,25)/t20-,21-/m0/s1. The van der Waals surface area contributed by atoms with Crippen LogP contribution in [0.2, 0.25) is 0 Å². The largest absolute Gasteiger partial charge is 0.370 e. The molecule has 0 unspecified atom stereocenters. The summed E-state index contributed by atoms with van der Waals surface area (Å²) in [7, 11) is -3.61. The highest BCUT2D eigenvalue weighted by atomic mass is 32.2. The molecule has 0 amide bonds. The van der Waals surface area contributed by atoms with Crippen LogP contribution in [-0.2, 0) is 22.9 Å². The third-order valence-electron chi connectivity index (χ3n) is 5.34. The Morgan fingerprint density at radius 2 is 1.71 bits per heavy atom. The van der Waals surface area contributed by atoms with E-state index < -0.39 is 10.0 Å². The summed E-state index contributed by atoms with van der Waals surface area (Å²) < 4.78 is 29.1. The second kappa shape index (κ2) is 9.64. The van der Waals surface area contributed by atoms with E-state index in [4.69, 9.17) is 5.73 Å². The molecule has 3 aromatic rings. The van der Waals surface area contributed by atoms with Crippen LogP contribution in [0.5, 0.6) is 0 Å². The molecule has 2 atom stereocenters. The molecule has 0 saturated carbocycles. The van der Waals surface area contributed by atoms with Crippen molar-refractivity contribution in [2.75, 3.05) is 13.1 Å². The lowest BCUT2D eigenvalue weighted by Crippen LogP contribution is -2.51. The molecular weight excluding hydrogens is 428 g/mol. The van der Waals surface area contributed by atoms with Gasteiger partial charge in [-0.3, -0.25) is 4.99 Å². The highest BCUT2D eigenvalue weighted by Crippen LogP contribution is 2.19. The number of nitrogens with zero attached hydrogens (tertiary/aromatic N) is 2. The molecule has 0 bridgehead atoms. The minimum absolute atomic E-state index is 0.104. The molecule has 6 nitrogen and oxygen atoms in total. The number of nitrogens with one attached hydrogen (secondary N) is 1. The van der Waals surface area contributed by atoms with Crippen LogP contribution in [0, 0.1) is 0 Å². The lowest BCUT2D eigenvalue weighted by Gasteiger charge is -2.31. The Morgan fingerprint density at radius 1 is 1.03 bits per heavy atom. The SMILES string of the molecule is NC1=NC[C@H](Cc2ccccc2)N1C[C@H](Cc1ccccc1)NS(=O)(=O)c1cccs1. The van der Waals surface area contributed by atoms with Crippen LogP contribution >= 0.6 is 11.3 Å². The zero-order valence-electron chi connectivity index (χ0n) is 17.1. The first-order chi connectivity index (χ1) is 15.0. The van der Waals surface area contributed by atoms with Gasteiger partial charge in [-0.25, -0.2) is 13.1 Å². The average Bonchev–Trinajstić information content (AvgIpc) is 3.42. The van der Waals surface area contributed by atoms with Gasteiger partial charge in [-0.05, 0) is 35.4 Å². The molecule has 0 spiro atoms. The van der Waals surface area contributed by atoms with E-state index in [0.29, 0.717) is 29.7 Å². The second-order valence-electron chi connectivity index (χ2n) is 7.63. The summed E-state index contributed by atoms with van der Waals surface area (Å²) in [6.45, 7) is 1.06. The van der Waals surface area contributed by atoms with Crippen molar-refractivity contribution in [3.8, 4) is 0 Å². The van der Waals surface area contributed by atoms with Crippen LogP contribution < -0.4 is 10.5 Å². The molecule has 3 N–H and O–H groups in total. The summed E-state index contributed by atoms with van der Waals surface area (Å²) in [5, 5.41) is 1.77. The van der Waals surface area contributed by atoms with Gasteiger partial charge in [0.2, 0.25) is 10.0 Å². The van der Waals surface area contributed by atoms with Crippen molar-refractivity contribution in [2.45, 2.75) is 29.1 Å². The van der Waals surface area contributed by atoms with E-state index in [9.17, 15) is 8.42 Å². The summed E-state index contributed by atoms with van der Waals surface area (Å²) >= 11 is 1.21. The van der Waals surface area contributed by atoms with E-state index in [1.807, 2.05) is 53.4 Å². The normalized spacial score (nSPS) is 17.5. The van der Waals surface area contributed by atoms with Gasteiger partial charge in [-0.2, -0.15) is 0 Å². The van der Waals surface area contributed by atoms with Crippen molar-refractivity contribution >= 4 is 27.3 Å². The maximum absolute atomic E-state index is 12.9. The Labute approximate surface area is 187 Å². The molecule has 31 heavy (non-hydrogen) atoms. The first-order valence-corrected chi connectivity index (χ1v) is 12.6. The van der Waals surface area contributed by atoms with Crippen molar-refractivity contribution in [3.05, 3.63) is 89.3 Å². The Balaban J connectivity index is 1.54. The molecule has 0 aliphatic carbocycles. The maximum Gasteiger partial charge on any atom is 0.250 e. The van der Waals surface area contributed by atoms with Crippen molar-refractivity contribution in [3.63, 3.8) is 0 Å². The Bertz CT molecular complexity index is 1100. The van der Waals surface area contributed by atoms with Gasteiger partial charge in [0.1, 0.15) is 4.21 Å². The molecule has 1 aromatic heterocycles. The third-order valence-corrected chi connectivity index (χ3v) is 8.25. The highest BCUT2D eigenvalue weighted by Gasteiger charge is 2.30. The predicted molar refractivity (Wildman–Crippen MR) is 126 cm³/mol. The molecular formula is C23H26N4O2S2. The quantitative estimate of drug-likeness (QED) is 0.520. The van der Waals surface area contributed by atoms with Gasteiger partial charge in [-0.15, -0.1) is 11.3 Å².